The van der Waals surface area contributed by atoms with Crippen molar-refractivity contribution in [3.63, 3.8) is 0 Å². The van der Waals surface area contributed by atoms with Crippen molar-refractivity contribution in [1.82, 2.24) is 9.80 Å². The van der Waals surface area contributed by atoms with E-state index in [1.165, 1.54) is 44.3 Å². The molecular weight excluding hydrogens is 472 g/mol. The number of likely N-dealkylation sites (tertiary alicyclic amines) is 2. The maximum Gasteiger partial charge on any atom is 0.254 e. The van der Waals surface area contributed by atoms with Crippen molar-refractivity contribution in [2.45, 2.75) is 37.0 Å². The maximum atomic E-state index is 13.8. The van der Waals surface area contributed by atoms with Gasteiger partial charge in [-0.05, 0) is 100 Å². The van der Waals surface area contributed by atoms with Crippen LogP contribution in [0.5, 0.6) is 0 Å². The average Bonchev–Trinajstić information content (AvgIpc) is 3.69. The van der Waals surface area contributed by atoms with Crippen LogP contribution in [0.3, 0.4) is 0 Å². The van der Waals surface area contributed by atoms with Crippen LogP contribution in [0.1, 0.15) is 52.2 Å². The smallest absolute Gasteiger partial charge is 0.254 e. The van der Waals surface area contributed by atoms with Gasteiger partial charge in [0.25, 0.3) is 5.91 Å². The molecule has 37 heavy (non-hydrogen) atoms. The molecule has 3 heterocycles. The second-order valence-corrected chi connectivity index (χ2v) is 12.2. The summed E-state index contributed by atoms with van der Waals surface area (Å²) in [5.41, 5.74) is 5.83. The zero-order chi connectivity index (χ0) is 24.8. The molecule has 4 heteroatoms. The van der Waals surface area contributed by atoms with Crippen LogP contribution in [-0.4, -0.2) is 48.4 Å². The second-order valence-electron chi connectivity index (χ2n) is 11.4. The summed E-state index contributed by atoms with van der Waals surface area (Å²) in [6.45, 7) is 5.07. The van der Waals surface area contributed by atoms with E-state index in [4.69, 9.17) is 0 Å². The van der Waals surface area contributed by atoms with Gasteiger partial charge in [-0.1, -0.05) is 60.7 Å². The average molecular weight is 507 g/mol. The molecule has 0 radical (unpaired) electrons. The van der Waals surface area contributed by atoms with E-state index in [1.54, 1.807) is 22.5 Å². The van der Waals surface area contributed by atoms with Gasteiger partial charge in [-0.2, -0.15) is 11.3 Å². The molecule has 2 fully saturated rings. The molecule has 188 valence electrons. The summed E-state index contributed by atoms with van der Waals surface area (Å²) in [6, 6.07) is 25.8. The van der Waals surface area contributed by atoms with Gasteiger partial charge < -0.3 is 9.80 Å². The number of hydrogen-bond acceptors (Lipinski definition) is 3. The zero-order valence-electron chi connectivity index (χ0n) is 21.3. The van der Waals surface area contributed by atoms with Crippen LogP contribution in [0, 0.1) is 5.92 Å². The zero-order valence-corrected chi connectivity index (χ0v) is 22.1. The van der Waals surface area contributed by atoms with Crippen LogP contribution in [0.2, 0.25) is 0 Å². The molecule has 1 aliphatic carbocycles. The van der Waals surface area contributed by atoms with Crippen molar-refractivity contribution in [3.8, 4) is 0 Å². The number of amides is 1. The molecule has 3 aromatic carbocycles. The number of thiophene rings is 1. The van der Waals surface area contributed by atoms with Gasteiger partial charge in [0.05, 0.1) is 0 Å². The maximum absolute atomic E-state index is 13.8. The van der Waals surface area contributed by atoms with Gasteiger partial charge in [0.1, 0.15) is 0 Å². The molecular formula is C33H34N2OS. The first kappa shape index (κ1) is 23.2. The number of piperidine rings is 1. The van der Waals surface area contributed by atoms with Crippen LogP contribution >= 0.6 is 11.3 Å². The molecule has 2 unspecified atom stereocenters. The number of aryl methyl sites for hydroxylation is 1. The number of fused-ring (bicyclic) bond motifs is 3. The Labute approximate surface area is 223 Å². The molecule has 2 atom stereocenters. The van der Waals surface area contributed by atoms with E-state index in [0.29, 0.717) is 17.3 Å². The minimum absolute atomic E-state index is 0.180. The second kappa shape index (κ2) is 9.41. The normalized spacial score (nSPS) is 23.1. The van der Waals surface area contributed by atoms with E-state index < -0.39 is 0 Å². The van der Waals surface area contributed by atoms with Crippen molar-refractivity contribution in [3.05, 3.63) is 106 Å². The Kier molecular flexibility index (Phi) is 5.90. The minimum atomic E-state index is 0.180. The third kappa shape index (κ3) is 4.11. The highest BCUT2D eigenvalue weighted by molar-refractivity contribution is 7.08. The number of rotatable bonds is 4. The van der Waals surface area contributed by atoms with Crippen LogP contribution in [0.15, 0.2) is 83.6 Å². The number of hydrogen-bond donors (Lipinski definition) is 0. The lowest BCUT2D eigenvalue weighted by molar-refractivity contribution is 0.0781. The van der Waals surface area contributed by atoms with Crippen LogP contribution in [0.4, 0.5) is 0 Å². The van der Waals surface area contributed by atoms with E-state index in [1.807, 2.05) is 24.3 Å². The predicted octanol–water partition coefficient (Wildman–Crippen LogP) is 6.74. The highest BCUT2D eigenvalue weighted by atomic mass is 32.1. The molecule has 0 bridgehead atoms. The molecule has 2 aliphatic heterocycles. The van der Waals surface area contributed by atoms with E-state index in [2.05, 4.69) is 69.1 Å². The molecule has 1 spiro atoms. The molecule has 4 aromatic rings. The Morgan fingerprint density at radius 3 is 2.57 bits per heavy atom. The lowest BCUT2D eigenvalue weighted by Crippen LogP contribution is -2.44. The largest absolute Gasteiger partial charge is 0.338 e. The number of nitrogens with zero attached hydrogens (tertiary/aromatic N) is 2. The summed E-state index contributed by atoms with van der Waals surface area (Å²) in [4.78, 5) is 18.6. The SMILES string of the molecule is O=C(c1cccc2ccccc12)N1CC(CN2CCC3(CCc4ccccc43)CC2)C(c2ccsc2)C1. The highest BCUT2D eigenvalue weighted by Gasteiger charge is 2.43. The monoisotopic (exact) mass is 506 g/mol. The standard InChI is InChI=1S/C33H34N2OS/c36-32(29-10-5-8-24-6-1-3-9-28(24)29)35-21-27(30(22-35)26-13-19-37-23-26)20-34-17-15-33(16-18-34)14-12-25-7-2-4-11-31(25)33/h1-11,13,19,23,27,30H,12,14-18,20-22H2. The van der Waals surface area contributed by atoms with Crippen molar-refractivity contribution >= 4 is 28.0 Å². The Balaban J connectivity index is 1.09. The van der Waals surface area contributed by atoms with Gasteiger partial charge in [-0.25, -0.2) is 0 Å². The number of carbonyl (C=O) groups excluding carboxylic acids is 1. The van der Waals surface area contributed by atoms with E-state index in [9.17, 15) is 4.79 Å². The Morgan fingerprint density at radius 1 is 0.892 bits per heavy atom. The molecule has 0 N–H and O–H groups in total. The number of carbonyl (C=O) groups is 1. The summed E-state index contributed by atoms with van der Waals surface area (Å²) >= 11 is 1.77. The lowest BCUT2D eigenvalue weighted by atomic mass is 9.73. The fraction of sp³-hybridized carbons (Fsp3) is 0.364. The first-order valence-electron chi connectivity index (χ1n) is 13.8. The van der Waals surface area contributed by atoms with E-state index in [0.717, 1.165) is 36.0 Å². The van der Waals surface area contributed by atoms with Crippen molar-refractivity contribution in [2.24, 2.45) is 5.92 Å². The van der Waals surface area contributed by atoms with Gasteiger partial charge in [0, 0.05) is 31.1 Å². The summed E-state index contributed by atoms with van der Waals surface area (Å²) < 4.78 is 0. The topological polar surface area (TPSA) is 23.6 Å². The molecule has 1 aromatic heterocycles. The molecule has 3 nitrogen and oxygen atoms in total. The summed E-state index contributed by atoms with van der Waals surface area (Å²) in [5.74, 6) is 1.06. The Morgan fingerprint density at radius 2 is 1.70 bits per heavy atom. The van der Waals surface area contributed by atoms with Crippen LogP contribution in [0.25, 0.3) is 10.8 Å². The highest BCUT2D eigenvalue weighted by Crippen LogP contribution is 2.46. The van der Waals surface area contributed by atoms with Gasteiger partial charge >= 0.3 is 0 Å². The van der Waals surface area contributed by atoms with Crippen LogP contribution < -0.4 is 0 Å². The fourth-order valence-electron chi connectivity index (χ4n) is 7.45. The first-order chi connectivity index (χ1) is 18.2. The quantitative estimate of drug-likeness (QED) is 0.306. The summed E-state index contributed by atoms with van der Waals surface area (Å²) in [7, 11) is 0. The summed E-state index contributed by atoms with van der Waals surface area (Å²) in [6.07, 6.45) is 5.08. The third-order valence-electron chi connectivity index (χ3n) is 9.49. The predicted molar refractivity (Wildman–Crippen MR) is 153 cm³/mol. The van der Waals surface area contributed by atoms with Crippen LogP contribution in [-0.2, 0) is 11.8 Å². The Hall–Kier alpha value is -2.95. The van der Waals surface area contributed by atoms with E-state index >= 15 is 0 Å². The molecule has 3 aliphatic rings. The lowest BCUT2D eigenvalue weighted by Gasteiger charge is -2.41. The molecule has 1 amide bonds. The minimum Gasteiger partial charge on any atom is -0.338 e. The fourth-order valence-corrected chi connectivity index (χ4v) is 8.17. The van der Waals surface area contributed by atoms with Crippen molar-refractivity contribution < 1.29 is 4.79 Å². The molecule has 7 rings (SSSR count). The third-order valence-corrected chi connectivity index (χ3v) is 10.2. The van der Waals surface area contributed by atoms with Gasteiger partial charge in [-0.3, -0.25) is 4.79 Å². The summed E-state index contributed by atoms with van der Waals surface area (Å²) in [5, 5.41) is 6.67. The van der Waals surface area contributed by atoms with Gasteiger partial charge in [0.2, 0.25) is 0 Å². The van der Waals surface area contributed by atoms with E-state index in [-0.39, 0.29) is 5.91 Å². The number of benzene rings is 3. The van der Waals surface area contributed by atoms with Gasteiger partial charge in [-0.15, -0.1) is 0 Å². The molecule has 2 saturated heterocycles. The Bertz CT molecular complexity index is 1410. The van der Waals surface area contributed by atoms with Crippen molar-refractivity contribution in [1.29, 1.82) is 0 Å². The molecule has 0 saturated carbocycles. The first-order valence-corrected chi connectivity index (χ1v) is 14.7. The van der Waals surface area contributed by atoms with Crippen molar-refractivity contribution in [2.75, 3.05) is 32.7 Å². The van der Waals surface area contributed by atoms with Gasteiger partial charge in [0.15, 0.2) is 0 Å².